The number of benzene rings is 1. The molecule has 0 heterocycles. The average molecular weight is 221 g/mol. The zero-order valence-corrected chi connectivity index (χ0v) is 9.88. The minimum atomic E-state index is -0.128. The maximum Gasteiger partial charge on any atom is 0.123 e. The minimum absolute atomic E-state index is 0.128. The van der Waals surface area contributed by atoms with Crippen molar-refractivity contribution in [1.82, 2.24) is 5.32 Å². The fourth-order valence-corrected chi connectivity index (χ4v) is 2.07. The summed E-state index contributed by atoms with van der Waals surface area (Å²) in [5.74, 6) is 0.731. The third-order valence-corrected chi connectivity index (χ3v) is 3.16. The normalized spacial score (nSPS) is 17.4. The summed E-state index contributed by atoms with van der Waals surface area (Å²) < 4.78 is 13.2. The molecule has 0 aliphatic heterocycles. The van der Waals surface area contributed by atoms with E-state index >= 15 is 0 Å². The molecule has 2 heteroatoms. The van der Waals surface area contributed by atoms with Crippen molar-refractivity contribution in [2.75, 3.05) is 6.54 Å². The van der Waals surface area contributed by atoms with Gasteiger partial charge in [-0.05, 0) is 43.0 Å². The summed E-state index contributed by atoms with van der Waals surface area (Å²) in [4.78, 5) is 0. The minimum Gasteiger partial charge on any atom is -0.310 e. The summed E-state index contributed by atoms with van der Waals surface area (Å²) >= 11 is 0. The van der Waals surface area contributed by atoms with Crippen molar-refractivity contribution in [1.29, 1.82) is 0 Å². The molecule has 1 atom stereocenters. The molecule has 0 bridgehead atoms. The molecule has 2 rings (SSSR count). The maximum absolute atomic E-state index is 13.2. The lowest BCUT2D eigenvalue weighted by molar-refractivity contribution is 0.471. The Morgan fingerprint density at radius 2 is 2.25 bits per heavy atom. The summed E-state index contributed by atoms with van der Waals surface area (Å²) in [5.41, 5.74) is 1.10. The van der Waals surface area contributed by atoms with E-state index in [1.807, 2.05) is 6.07 Å². The van der Waals surface area contributed by atoms with Gasteiger partial charge in [0.1, 0.15) is 5.82 Å². The Kier molecular flexibility index (Phi) is 3.94. The van der Waals surface area contributed by atoms with E-state index in [1.165, 1.54) is 18.9 Å². The molecule has 1 aromatic carbocycles. The highest BCUT2D eigenvalue weighted by Gasteiger charge is 2.26. The molecule has 1 saturated carbocycles. The number of hydrogen-bond acceptors (Lipinski definition) is 1. The molecule has 1 aliphatic carbocycles. The van der Waals surface area contributed by atoms with Crippen LogP contribution in [0.2, 0.25) is 0 Å². The first kappa shape index (κ1) is 11.6. The number of hydrogen-bond donors (Lipinski definition) is 1. The van der Waals surface area contributed by atoms with Gasteiger partial charge in [0.15, 0.2) is 0 Å². The van der Waals surface area contributed by atoms with E-state index in [4.69, 9.17) is 0 Å². The third-order valence-electron chi connectivity index (χ3n) is 3.16. The van der Waals surface area contributed by atoms with Crippen LogP contribution in [0.1, 0.15) is 44.2 Å². The van der Waals surface area contributed by atoms with Crippen LogP contribution in [0.4, 0.5) is 4.39 Å². The molecule has 0 saturated heterocycles. The van der Waals surface area contributed by atoms with Crippen LogP contribution in [0.5, 0.6) is 0 Å². The highest BCUT2D eigenvalue weighted by atomic mass is 19.1. The van der Waals surface area contributed by atoms with E-state index in [0.29, 0.717) is 6.04 Å². The molecule has 1 aliphatic rings. The highest BCUT2D eigenvalue weighted by molar-refractivity contribution is 5.20. The smallest absolute Gasteiger partial charge is 0.123 e. The molecule has 0 spiro atoms. The highest BCUT2D eigenvalue weighted by Crippen LogP contribution is 2.37. The van der Waals surface area contributed by atoms with Crippen LogP contribution in [0.3, 0.4) is 0 Å². The molecule has 0 aromatic heterocycles. The average Bonchev–Trinajstić information content (AvgIpc) is 3.08. The summed E-state index contributed by atoms with van der Waals surface area (Å²) in [5, 5.41) is 3.52. The van der Waals surface area contributed by atoms with Gasteiger partial charge in [-0.2, -0.15) is 0 Å². The molecule has 88 valence electrons. The van der Waals surface area contributed by atoms with E-state index in [2.05, 4.69) is 12.2 Å². The topological polar surface area (TPSA) is 12.0 Å². The summed E-state index contributed by atoms with van der Waals surface area (Å²) in [6, 6.07) is 7.34. The van der Waals surface area contributed by atoms with Crippen molar-refractivity contribution in [3.63, 3.8) is 0 Å². The van der Waals surface area contributed by atoms with Crippen molar-refractivity contribution >= 4 is 0 Å². The van der Waals surface area contributed by atoms with Gasteiger partial charge in [0.2, 0.25) is 0 Å². The summed E-state index contributed by atoms with van der Waals surface area (Å²) in [6.45, 7) is 3.17. The van der Waals surface area contributed by atoms with E-state index in [1.54, 1.807) is 12.1 Å². The fourth-order valence-electron chi connectivity index (χ4n) is 2.07. The summed E-state index contributed by atoms with van der Waals surface area (Å²) in [6.07, 6.45) is 4.97. The van der Waals surface area contributed by atoms with E-state index in [0.717, 1.165) is 30.9 Å². The SMILES string of the molecule is CCCNC(CC1CC1)c1cccc(F)c1. The molecular formula is C14H20FN. The molecule has 16 heavy (non-hydrogen) atoms. The monoisotopic (exact) mass is 221 g/mol. The predicted molar refractivity (Wildman–Crippen MR) is 64.8 cm³/mol. The van der Waals surface area contributed by atoms with Gasteiger partial charge < -0.3 is 5.32 Å². The van der Waals surface area contributed by atoms with Gasteiger partial charge in [0.05, 0.1) is 0 Å². The van der Waals surface area contributed by atoms with E-state index < -0.39 is 0 Å². The van der Waals surface area contributed by atoms with E-state index in [9.17, 15) is 4.39 Å². The van der Waals surface area contributed by atoms with Crippen LogP contribution >= 0.6 is 0 Å². The standard InChI is InChI=1S/C14H20FN/c1-2-8-16-14(9-11-6-7-11)12-4-3-5-13(15)10-12/h3-5,10-11,14,16H,2,6-9H2,1H3. The van der Waals surface area contributed by atoms with Crippen molar-refractivity contribution in [2.45, 2.75) is 38.6 Å². The zero-order valence-electron chi connectivity index (χ0n) is 9.88. The molecule has 1 unspecified atom stereocenters. The second-order valence-corrected chi connectivity index (χ2v) is 4.74. The number of halogens is 1. The van der Waals surface area contributed by atoms with Crippen molar-refractivity contribution < 1.29 is 4.39 Å². The first-order valence-electron chi connectivity index (χ1n) is 6.28. The molecule has 1 aromatic rings. The second kappa shape index (κ2) is 5.44. The van der Waals surface area contributed by atoms with Gasteiger partial charge in [-0.1, -0.05) is 31.9 Å². The lowest BCUT2D eigenvalue weighted by atomic mass is 10.0. The largest absolute Gasteiger partial charge is 0.310 e. The van der Waals surface area contributed by atoms with Gasteiger partial charge in [-0.25, -0.2) is 4.39 Å². The Labute approximate surface area is 97.1 Å². The second-order valence-electron chi connectivity index (χ2n) is 4.74. The van der Waals surface area contributed by atoms with Crippen LogP contribution in [0.25, 0.3) is 0 Å². The van der Waals surface area contributed by atoms with Crippen LogP contribution in [0, 0.1) is 11.7 Å². The maximum atomic E-state index is 13.2. The van der Waals surface area contributed by atoms with Crippen molar-refractivity contribution in [2.24, 2.45) is 5.92 Å². The van der Waals surface area contributed by atoms with Gasteiger partial charge in [0.25, 0.3) is 0 Å². The Morgan fingerprint density at radius 3 is 2.88 bits per heavy atom. The molecular weight excluding hydrogens is 201 g/mol. The quantitative estimate of drug-likeness (QED) is 0.773. The Balaban J connectivity index is 2.03. The molecule has 0 amide bonds. The Bertz CT molecular complexity index is 333. The fraction of sp³-hybridized carbons (Fsp3) is 0.571. The number of nitrogens with one attached hydrogen (secondary N) is 1. The first-order valence-corrected chi connectivity index (χ1v) is 6.28. The molecule has 1 N–H and O–H groups in total. The third kappa shape index (κ3) is 3.31. The lowest BCUT2D eigenvalue weighted by Crippen LogP contribution is -2.22. The Hall–Kier alpha value is -0.890. The van der Waals surface area contributed by atoms with E-state index in [-0.39, 0.29) is 5.82 Å². The van der Waals surface area contributed by atoms with Crippen molar-refractivity contribution in [3.05, 3.63) is 35.6 Å². The van der Waals surface area contributed by atoms with Crippen LogP contribution in [-0.4, -0.2) is 6.54 Å². The number of rotatable bonds is 6. The first-order chi connectivity index (χ1) is 7.79. The van der Waals surface area contributed by atoms with Gasteiger partial charge >= 0.3 is 0 Å². The van der Waals surface area contributed by atoms with Gasteiger partial charge in [-0.3, -0.25) is 0 Å². The lowest BCUT2D eigenvalue weighted by Gasteiger charge is -2.18. The summed E-state index contributed by atoms with van der Waals surface area (Å²) in [7, 11) is 0. The van der Waals surface area contributed by atoms with Crippen LogP contribution in [0.15, 0.2) is 24.3 Å². The predicted octanol–water partition coefficient (Wildman–Crippen LogP) is 3.67. The zero-order chi connectivity index (χ0) is 11.4. The van der Waals surface area contributed by atoms with Crippen LogP contribution in [-0.2, 0) is 0 Å². The molecule has 0 radical (unpaired) electrons. The van der Waals surface area contributed by atoms with Crippen molar-refractivity contribution in [3.8, 4) is 0 Å². The van der Waals surface area contributed by atoms with Gasteiger partial charge in [0, 0.05) is 6.04 Å². The van der Waals surface area contributed by atoms with Gasteiger partial charge in [-0.15, -0.1) is 0 Å². The van der Waals surface area contributed by atoms with Crippen LogP contribution < -0.4 is 5.32 Å². The molecule has 1 nitrogen and oxygen atoms in total. The Morgan fingerprint density at radius 1 is 1.44 bits per heavy atom. The molecule has 1 fully saturated rings.